The molecule has 2 rings (SSSR count). The van der Waals surface area contributed by atoms with E-state index in [1.165, 1.54) is 19.2 Å². The average Bonchev–Trinajstić information content (AvgIpc) is 3.12. The van der Waals surface area contributed by atoms with Crippen molar-refractivity contribution in [3.05, 3.63) is 22.7 Å². The minimum atomic E-state index is -3.16. The summed E-state index contributed by atoms with van der Waals surface area (Å²) in [6, 6.07) is 3.26. The molecule has 1 aromatic rings. The van der Waals surface area contributed by atoms with Crippen LogP contribution < -0.4 is 11.0 Å². The van der Waals surface area contributed by atoms with Gasteiger partial charge in [-0.25, -0.2) is 4.79 Å². The first-order chi connectivity index (χ1) is 17.0. The number of ether oxygens (including phenoxy) is 1. The van der Waals surface area contributed by atoms with Crippen molar-refractivity contribution in [1.29, 1.82) is 5.26 Å². The predicted octanol–water partition coefficient (Wildman–Crippen LogP) is 3.29. The molecule has 1 fully saturated rings. The van der Waals surface area contributed by atoms with Gasteiger partial charge < -0.3 is 28.5 Å². The van der Waals surface area contributed by atoms with E-state index >= 15 is 0 Å². The molecule has 11 nitrogen and oxygen atoms in total. The van der Waals surface area contributed by atoms with Gasteiger partial charge in [0.15, 0.2) is 11.8 Å². The highest BCUT2D eigenvalue weighted by atomic mass is 28.5. The highest BCUT2D eigenvalue weighted by Gasteiger charge is 2.56. The van der Waals surface area contributed by atoms with Gasteiger partial charge in [-0.15, -0.1) is 0 Å². The van der Waals surface area contributed by atoms with Gasteiger partial charge in [0, 0.05) is 19.5 Å². The Kier molecular flexibility index (Phi) is 10.0. The quantitative estimate of drug-likeness (QED) is 0.276. The molecule has 208 valence electrons. The highest BCUT2D eigenvalue weighted by molar-refractivity contribution is 6.83. The Labute approximate surface area is 221 Å². The molecule has 0 aromatic carbocycles. The molecule has 1 amide bonds. The number of hydrogen-bond acceptors (Lipinski definition) is 9. The van der Waals surface area contributed by atoms with Crippen LogP contribution in [-0.2, 0) is 18.1 Å². The Bertz CT molecular complexity index is 1040. The second-order valence-corrected chi connectivity index (χ2v) is 19.7. The van der Waals surface area contributed by atoms with Crippen LogP contribution >= 0.6 is 0 Å². The summed E-state index contributed by atoms with van der Waals surface area (Å²) >= 11 is 0. The molecular weight excluding hydrogens is 512 g/mol. The van der Waals surface area contributed by atoms with Crippen molar-refractivity contribution in [3.8, 4) is 6.07 Å². The van der Waals surface area contributed by atoms with E-state index in [1.54, 1.807) is 0 Å². The zero-order chi connectivity index (χ0) is 28.3. The van der Waals surface area contributed by atoms with Gasteiger partial charge in [0.1, 0.15) is 11.9 Å². The molecule has 1 aliphatic heterocycles. The Morgan fingerprint density at radius 2 is 1.81 bits per heavy atom. The minimum absolute atomic E-state index is 0.00390. The summed E-state index contributed by atoms with van der Waals surface area (Å²) < 4.78 is 20.3. The van der Waals surface area contributed by atoms with E-state index in [-0.39, 0.29) is 46.9 Å². The van der Waals surface area contributed by atoms with Crippen molar-refractivity contribution in [2.75, 3.05) is 11.9 Å². The number of rotatable bonds is 11. The molecule has 37 heavy (non-hydrogen) atoms. The summed E-state index contributed by atoms with van der Waals surface area (Å²) in [5, 5.41) is 23.2. The van der Waals surface area contributed by atoms with E-state index in [2.05, 4.69) is 10.3 Å². The Hall–Kier alpha value is -1.93. The van der Waals surface area contributed by atoms with Crippen LogP contribution in [0.4, 0.5) is 5.82 Å². The van der Waals surface area contributed by atoms with Gasteiger partial charge in [0.05, 0.1) is 12.7 Å². The first-order valence-corrected chi connectivity index (χ1v) is 16.7. The molecule has 0 radical (unpaired) electrons. The lowest BCUT2D eigenvalue weighted by Gasteiger charge is -2.46. The minimum Gasteiger partial charge on any atom is -0.414 e. The van der Waals surface area contributed by atoms with Crippen LogP contribution in [0.1, 0.15) is 75.0 Å². The number of aliphatic hydroxyl groups is 1. The predicted molar refractivity (Wildman–Crippen MR) is 143 cm³/mol. The largest absolute Gasteiger partial charge is 0.414 e. The van der Waals surface area contributed by atoms with E-state index in [4.69, 9.17) is 13.3 Å². The van der Waals surface area contributed by atoms with Gasteiger partial charge in [0.2, 0.25) is 5.91 Å². The number of nitrogens with one attached hydrogen (secondary N) is 1. The average molecular weight is 555 g/mol. The van der Waals surface area contributed by atoms with Crippen LogP contribution in [0, 0.1) is 11.3 Å². The highest BCUT2D eigenvalue weighted by Crippen LogP contribution is 2.43. The van der Waals surface area contributed by atoms with Crippen LogP contribution in [0.2, 0.25) is 22.2 Å². The monoisotopic (exact) mass is 554 g/mol. The second-order valence-electron chi connectivity index (χ2n) is 11.0. The fourth-order valence-corrected chi connectivity index (χ4v) is 14.6. The molecule has 1 aromatic heterocycles. The lowest BCUT2D eigenvalue weighted by molar-refractivity contribution is -0.114. The third-order valence-electron chi connectivity index (χ3n) is 6.93. The maximum Gasteiger partial charge on any atom is 0.351 e. The fourth-order valence-electron chi connectivity index (χ4n) is 4.77. The van der Waals surface area contributed by atoms with Gasteiger partial charge in [-0.1, -0.05) is 55.4 Å². The molecule has 0 saturated carbocycles. The van der Waals surface area contributed by atoms with Crippen molar-refractivity contribution in [1.82, 2.24) is 9.55 Å². The van der Waals surface area contributed by atoms with E-state index in [0.717, 1.165) is 4.57 Å². The van der Waals surface area contributed by atoms with E-state index in [9.17, 15) is 24.8 Å². The lowest BCUT2D eigenvalue weighted by Crippen LogP contribution is -2.60. The van der Waals surface area contributed by atoms with E-state index < -0.39 is 40.7 Å². The second kappa shape index (κ2) is 11.9. The summed E-state index contributed by atoms with van der Waals surface area (Å²) in [7, 11) is -6.18. The zero-order valence-electron chi connectivity index (χ0n) is 23.3. The molecular formula is C24H42N4O7Si2. The molecule has 3 N–H and O–H groups in total. The van der Waals surface area contributed by atoms with Crippen molar-refractivity contribution >= 4 is 28.8 Å². The van der Waals surface area contributed by atoms with E-state index in [1.807, 2.05) is 61.5 Å². The van der Waals surface area contributed by atoms with Crippen LogP contribution in [-0.4, -0.2) is 60.8 Å². The van der Waals surface area contributed by atoms with Crippen molar-refractivity contribution < 1.29 is 28.0 Å². The van der Waals surface area contributed by atoms with Gasteiger partial charge in [-0.3, -0.25) is 9.36 Å². The smallest absolute Gasteiger partial charge is 0.351 e. The summed E-state index contributed by atoms with van der Waals surface area (Å²) in [4.78, 5) is 39.3. The third-order valence-corrected chi connectivity index (χ3v) is 16.7. The fraction of sp³-hybridized carbons (Fsp3) is 0.750. The number of carbonyl (C=O) groups is 1. The lowest BCUT2D eigenvalue weighted by atomic mass is 9.99. The van der Waals surface area contributed by atoms with Crippen molar-refractivity contribution in [2.24, 2.45) is 0 Å². The molecule has 3 atom stereocenters. The van der Waals surface area contributed by atoms with Gasteiger partial charge in [-0.2, -0.15) is 10.2 Å². The number of nitrogens with zero attached hydrogens (tertiary/aromatic N) is 3. The molecule has 2 unspecified atom stereocenters. The van der Waals surface area contributed by atoms with E-state index in [0.29, 0.717) is 0 Å². The molecule has 0 bridgehead atoms. The molecule has 1 saturated heterocycles. The van der Waals surface area contributed by atoms with Gasteiger partial charge in [-0.05, 0) is 28.2 Å². The molecule has 1 aliphatic rings. The Balaban J connectivity index is 2.33. The maximum absolute atomic E-state index is 12.6. The Morgan fingerprint density at radius 1 is 1.24 bits per heavy atom. The number of hydrogen-bond donors (Lipinski definition) is 3. The standard InChI is InChI=1S/C24H42N4O7Si2/c1-15(2)36(32,16(3)4)35-37(17(5)6,18(7)8)33-13-20-12-24(31,14-25)22(34-20)28-11-10-21(26-19(9)29)27-23(28)30/h10-11,15-18,20,22,31-32H,12-13H2,1-9H3,(H,26,27,29,30)/t20?,22-,24?/m1/s1. The molecule has 0 spiro atoms. The normalized spacial score (nSPS) is 22.8. The molecule has 13 heteroatoms. The first kappa shape index (κ1) is 31.3. The van der Waals surface area contributed by atoms with Gasteiger partial charge >= 0.3 is 22.8 Å². The van der Waals surface area contributed by atoms with Crippen LogP contribution in [0.25, 0.3) is 0 Å². The molecule has 0 aliphatic carbocycles. The van der Waals surface area contributed by atoms with Gasteiger partial charge in [0.25, 0.3) is 0 Å². The van der Waals surface area contributed by atoms with Crippen molar-refractivity contribution in [2.45, 2.75) is 109 Å². The first-order valence-electron chi connectivity index (χ1n) is 12.7. The Morgan fingerprint density at radius 3 is 2.24 bits per heavy atom. The summed E-state index contributed by atoms with van der Waals surface area (Å²) in [5.74, 6) is -0.330. The summed E-state index contributed by atoms with van der Waals surface area (Å²) in [6.45, 7) is 17.3. The number of nitriles is 1. The van der Waals surface area contributed by atoms with Crippen molar-refractivity contribution in [3.63, 3.8) is 0 Å². The SMILES string of the molecule is CC(=O)Nc1ccn([C@@H]2OC(CO[Si](O[Si](O)(C(C)C)C(C)C)(C(C)C)C(C)C)CC2(O)C#N)c(=O)n1. The van der Waals surface area contributed by atoms with Crippen LogP contribution in [0.3, 0.4) is 0 Å². The van der Waals surface area contributed by atoms with Crippen LogP contribution in [0.15, 0.2) is 17.1 Å². The third kappa shape index (κ3) is 6.56. The number of carbonyl (C=O) groups excluding carboxylic acids is 1. The zero-order valence-corrected chi connectivity index (χ0v) is 25.3. The topological polar surface area (TPSA) is 156 Å². The summed E-state index contributed by atoms with van der Waals surface area (Å²) in [5.41, 5.74) is -2.87. The molecule has 2 heterocycles. The summed E-state index contributed by atoms with van der Waals surface area (Å²) in [6.07, 6.45) is -0.800. The number of anilines is 1. The number of aromatic nitrogens is 2. The maximum atomic E-state index is 12.6. The number of amides is 1. The van der Waals surface area contributed by atoms with Crippen LogP contribution in [0.5, 0.6) is 0 Å².